The second-order valence-electron chi connectivity index (χ2n) is 5.53. The number of nitrogens with one attached hydrogen (secondary N) is 1. The van der Waals surface area contributed by atoms with E-state index in [0.717, 1.165) is 33.3 Å². The van der Waals surface area contributed by atoms with Crippen LogP contribution in [-0.4, -0.2) is 9.97 Å². The highest BCUT2D eigenvalue weighted by atomic mass is 35.5. The maximum Gasteiger partial charge on any atom is 0.248 e. The van der Waals surface area contributed by atoms with E-state index in [1.54, 1.807) is 6.20 Å². The Kier molecular flexibility index (Phi) is 3.63. The Morgan fingerprint density at radius 1 is 0.875 bits per heavy atom. The van der Waals surface area contributed by atoms with E-state index >= 15 is 0 Å². The number of halogens is 1. The first kappa shape index (κ1) is 14.7. The van der Waals surface area contributed by atoms with Crippen molar-refractivity contribution in [1.29, 1.82) is 0 Å². The summed E-state index contributed by atoms with van der Waals surface area (Å²) in [6.07, 6.45) is 1.78. The first-order valence-electron chi connectivity index (χ1n) is 7.55. The lowest BCUT2D eigenvalue weighted by Crippen LogP contribution is -2.02. The number of nitrogens with zero attached hydrogens (tertiary/aromatic N) is 1. The SMILES string of the molecule is O=c1ccc2cc(-c3cccnc3-c3cccc(Cl)c3)ccc2[nH]1. The average Bonchev–Trinajstić information content (AvgIpc) is 2.61. The fourth-order valence-electron chi connectivity index (χ4n) is 2.83. The molecule has 0 fully saturated rings. The fourth-order valence-corrected chi connectivity index (χ4v) is 3.02. The summed E-state index contributed by atoms with van der Waals surface area (Å²) in [5, 5.41) is 1.66. The smallest absolute Gasteiger partial charge is 0.248 e. The molecule has 0 unspecified atom stereocenters. The van der Waals surface area contributed by atoms with Gasteiger partial charge in [0, 0.05) is 33.9 Å². The Bertz CT molecular complexity index is 1100. The molecule has 24 heavy (non-hydrogen) atoms. The van der Waals surface area contributed by atoms with E-state index in [1.165, 1.54) is 6.07 Å². The summed E-state index contributed by atoms with van der Waals surface area (Å²) in [6.45, 7) is 0. The van der Waals surface area contributed by atoms with Crippen LogP contribution < -0.4 is 5.56 Å². The zero-order valence-electron chi connectivity index (χ0n) is 12.7. The van der Waals surface area contributed by atoms with Crippen LogP contribution in [0.5, 0.6) is 0 Å². The predicted molar refractivity (Wildman–Crippen MR) is 98.2 cm³/mol. The molecule has 0 atom stereocenters. The van der Waals surface area contributed by atoms with E-state index in [2.05, 4.69) is 16.0 Å². The minimum Gasteiger partial charge on any atom is -0.322 e. The summed E-state index contributed by atoms with van der Waals surface area (Å²) in [7, 11) is 0. The summed E-state index contributed by atoms with van der Waals surface area (Å²) >= 11 is 6.12. The van der Waals surface area contributed by atoms with E-state index in [1.807, 2.05) is 54.6 Å². The van der Waals surface area contributed by atoms with Crippen LogP contribution in [0.15, 0.2) is 77.7 Å². The highest BCUT2D eigenvalue weighted by molar-refractivity contribution is 6.30. The Hall–Kier alpha value is -2.91. The molecule has 0 amide bonds. The Balaban J connectivity index is 1.91. The molecule has 0 radical (unpaired) electrons. The first-order valence-corrected chi connectivity index (χ1v) is 7.93. The number of hydrogen-bond donors (Lipinski definition) is 1. The molecule has 0 bridgehead atoms. The second-order valence-corrected chi connectivity index (χ2v) is 5.97. The average molecular weight is 333 g/mol. The maximum absolute atomic E-state index is 11.4. The highest BCUT2D eigenvalue weighted by Gasteiger charge is 2.09. The van der Waals surface area contributed by atoms with Gasteiger partial charge in [-0.05, 0) is 47.3 Å². The third kappa shape index (κ3) is 2.70. The van der Waals surface area contributed by atoms with E-state index in [9.17, 15) is 4.79 Å². The van der Waals surface area contributed by atoms with Crippen LogP contribution in [-0.2, 0) is 0 Å². The Morgan fingerprint density at radius 2 is 1.79 bits per heavy atom. The molecule has 0 spiro atoms. The number of pyridine rings is 2. The zero-order valence-corrected chi connectivity index (χ0v) is 13.4. The van der Waals surface area contributed by atoms with Crippen molar-refractivity contribution >= 4 is 22.5 Å². The molecule has 0 saturated heterocycles. The summed E-state index contributed by atoms with van der Waals surface area (Å²) in [4.78, 5) is 18.8. The van der Waals surface area contributed by atoms with Crippen molar-refractivity contribution in [1.82, 2.24) is 9.97 Å². The first-order chi connectivity index (χ1) is 11.7. The molecule has 1 N–H and O–H groups in total. The largest absolute Gasteiger partial charge is 0.322 e. The molecule has 2 heterocycles. The second kappa shape index (κ2) is 5.95. The standard InChI is InChI=1S/C20H13ClN2O/c21-16-4-1-3-15(12-16)20-17(5-2-10-22-20)13-6-8-18-14(11-13)7-9-19(24)23-18/h1-12H,(H,23,24). The Labute approximate surface area is 143 Å². The van der Waals surface area contributed by atoms with E-state index in [0.29, 0.717) is 5.02 Å². The van der Waals surface area contributed by atoms with Crippen molar-refractivity contribution in [2.24, 2.45) is 0 Å². The Morgan fingerprint density at radius 3 is 2.67 bits per heavy atom. The van der Waals surface area contributed by atoms with Gasteiger partial charge in [0.25, 0.3) is 0 Å². The van der Waals surface area contributed by atoms with Crippen LogP contribution in [0.25, 0.3) is 33.3 Å². The lowest BCUT2D eigenvalue weighted by molar-refractivity contribution is 1.30. The van der Waals surface area contributed by atoms with Gasteiger partial charge in [-0.3, -0.25) is 9.78 Å². The summed E-state index contributed by atoms with van der Waals surface area (Å²) in [6, 6.07) is 20.9. The van der Waals surface area contributed by atoms with Gasteiger partial charge >= 0.3 is 0 Å². The monoisotopic (exact) mass is 332 g/mol. The van der Waals surface area contributed by atoms with Crippen LogP contribution in [0.2, 0.25) is 5.02 Å². The van der Waals surface area contributed by atoms with Crippen molar-refractivity contribution < 1.29 is 0 Å². The summed E-state index contributed by atoms with van der Waals surface area (Å²) in [5.41, 5.74) is 4.63. The number of hydrogen-bond acceptors (Lipinski definition) is 2. The molecule has 4 heteroatoms. The van der Waals surface area contributed by atoms with Crippen molar-refractivity contribution in [2.75, 3.05) is 0 Å². The minimum absolute atomic E-state index is 0.101. The fraction of sp³-hybridized carbons (Fsp3) is 0. The van der Waals surface area contributed by atoms with Gasteiger partial charge < -0.3 is 4.98 Å². The van der Waals surface area contributed by atoms with Gasteiger partial charge in [-0.1, -0.05) is 35.9 Å². The van der Waals surface area contributed by atoms with Gasteiger partial charge in [0.1, 0.15) is 0 Å². The van der Waals surface area contributed by atoms with E-state index < -0.39 is 0 Å². The number of H-pyrrole nitrogens is 1. The molecule has 0 aliphatic heterocycles. The van der Waals surface area contributed by atoms with Crippen molar-refractivity contribution in [3.63, 3.8) is 0 Å². The van der Waals surface area contributed by atoms with E-state index in [4.69, 9.17) is 11.6 Å². The third-order valence-corrected chi connectivity index (χ3v) is 4.18. The quantitative estimate of drug-likeness (QED) is 0.567. The van der Waals surface area contributed by atoms with Crippen LogP contribution in [0.4, 0.5) is 0 Å². The topological polar surface area (TPSA) is 45.8 Å². The molecule has 3 nitrogen and oxygen atoms in total. The van der Waals surface area contributed by atoms with Gasteiger partial charge in [0.05, 0.1) is 5.69 Å². The number of aromatic amines is 1. The summed E-state index contributed by atoms with van der Waals surface area (Å²) in [5.74, 6) is 0. The molecule has 4 rings (SSSR count). The zero-order chi connectivity index (χ0) is 16.5. The predicted octanol–water partition coefficient (Wildman–Crippen LogP) is 4.91. The lowest BCUT2D eigenvalue weighted by atomic mass is 9.98. The molecule has 0 saturated carbocycles. The van der Waals surface area contributed by atoms with Crippen LogP contribution in [0, 0.1) is 0 Å². The van der Waals surface area contributed by atoms with Crippen LogP contribution >= 0.6 is 11.6 Å². The minimum atomic E-state index is -0.101. The number of aromatic nitrogens is 2. The summed E-state index contributed by atoms with van der Waals surface area (Å²) < 4.78 is 0. The third-order valence-electron chi connectivity index (χ3n) is 3.94. The molecule has 4 aromatic rings. The molecule has 0 aliphatic carbocycles. The molecule has 2 aromatic heterocycles. The molecular weight excluding hydrogens is 320 g/mol. The molecular formula is C20H13ClN2O. The molecule has 116 valence electrons. The molecule has 2 aromatic carbocycles. The lowest BCUT2D eigenvalue weighted by Gasteiger charge is -2.10. The molecule has 0 aliphatic rings. The normalized spacial score (nSPS) is 10.9. The van der Waals surface area contributed by atoms with Gasteiger partial charge in [-0.15, -0.1) is 0 Å². The van der Waals surface area contributed by atoms with Crippen molar-refractivity contribution in [3.05, 3.63) is 88.3 Å². The van der Waals surface area contributed by atoms with Gasteiger partial charge in [-0.25, -0.2) is 0 Å². The van der Waals surface area contributed by atoms with Crippen molar-refractivity contribution in [3.8, 4) is 22.4 Å². The highest BCUT2D eigenvalue weighted by Crippen LogP contribution is 2.32. The van der Waals surface area contributed by atoms with Crippen LogP contribution in [0.3, 0.4) is 0 Å². The number of benzene rings is 2. The number of rotatable bonds is 2. The van der Waals surface area contributed by atoms with Gasteiger partial charge in [-0.2, -0.15) is 0 Å². The van der Waals surface area contributed by atoms with Gasteiger partial charge in [0.15, 0.2) is 0 Å². The maximum atomic E-state index is 11.4. The van der Waals surface area contributed by atoms with Crippen molar-refractivity contribution in [2.45, 2.75) is 0 Å². The number of fused-ring (bicyclic) bond motifs is 1. The van der Waals surface area contributed by atoms with E-state index in [-0.39, 0.29) is 5.56 Å². The van der Waals surface area contributed by atoms with Gasteiger partial charge in [0.2, 0.25) is 5.56 Å². The van der Waals surface area contributed by atoms with Crippen LogP contribution in [0.1, 0.15) is 0 Å².